The summed E-state index contributed by atoms with van der Waals surface area (Å²) in [6.45, 7) is 5.50. The van der Waals surface area contributed by atoms with Gasteiger partial charge in [0.1, 0.15) is 6.54 Å². The van der Waals surface area contributed by atoms with Crippen molar-refractivity contribution in [3.63, 3.8) is 0 Å². The zero-order chi connectivity index (χ0) is 24.3. The molecule has 0 bridgehead atoms. The highest BCUT2D eigenvalue weighted by molar-refractivity contribution is 7.92. The molecule has 0 unspecified atom stereocenters. The number of hydrazone groups is 1. The van der Waals surface area contributed by atoms with Crippen molar-refractivity contribution >= 4 is 51.0 Å². The number of carbonyl (C=O) groups is 1. The van der Waals surface area contributed by atoms with E-state index in [2.05, 4.69) is 15.1 Å². The van der Waals surface area contributed by atoms with Gasteiger partial charge in [0, 0.05) is 27.7 Å². The van der Waals surface area contributed by atoms with Crippen molar-refractivity contribution in [3.8, 4) is 5.69 Å². The number of benzene rings is 2. The van der Waals surface area contributed by atoms with Crippen LogP contribution in [0.5, 0.6) is 0 Å². The maximum absolute atomic E-state index is 12.5. The van der Waals surface area contributed by atoms with Crippen LogP contribution in [-0.2, 0) is 14.8 Å². The van der Waals surface area contributed by atoms with Gasteiger partial charge in [-0.2, -0.15) is 5.10 Å². The molecule has 0 saturated heterocycles. The molecule has 174 valence electrons. The maximum Gasteiger partial charge on any atom is 0.260 e. The fourth-order valence-corrected chi connectivity index (χ4v) is 4.80. The number of nitrogens with one attached hydrogen (secondary N) is 1. The third-order valence-corrected chi connectivity index (χ3v) is 6.77. The molecule has 33 heavy (non-hydrogen) atoms. The number of carbonyl (C=O) groups excluding carboxylic acids is 1. The van der Waals surface area contributed by atoms with Crippen molar-refractivity contribution in [2.45, 2.75) is 20.8 Å². The van der Waals surface area contributed by atoms with Crippen LogP contribution in [0.3, 0.4) is 0 Å². The minimum absolute atomic E-state index is 0.118. The maximum atomic E-state index is 12.5. The lowest BCUT2D eigenvalue weighted by molar-refractivity contribution is -0.119. The van der Waals surface area contributed by atoms with Crippen molar-refractivity contribution in [2.24, 2.45) is 5.10 Å². The first-order valence-electron chi connectivity index (χ1n) is 9.98. The molecule has 0 fully saturated rings. The van der Waals surface area contributed by atoms with E-state index in [4.69, 9.17) is 23.2 Å². The summed E-state index contributed by atoms with van der Waals surface area (Å²) < 4.78 is 27.6. The van der Waals surface area contributed by atoms with E-state index in [9.17, 15) is 13.2 Å². The van der Waals surface area contributed by atoms with Gasteiger partial charge in [0.25, 0.3) is 5.91 Å². The Bertz CT molecular complexity index is 1330. The van der Waals surface area contributed by atoms with E-state index in [0.29, 0.717) is 5.02 Å². The lowest BCUT2D eigenvalue weighted by Gasteiger charge is -2.22. The van der Waals surface area contributed by atoms with E-state index in [1.807, 2.05) is 51.1 Å². The van der Waals surface area contributed by atoms with Gasteiger partial charge in [-0.3, -0.25) is 9.10 Å². The Morgan fingerprint density at radius 2 is 1.82 bits per heavy atom. The summed E-state index contributed by atoms with van der Waals surface area (Å²) in [7, 11) is -3.80. The van der Waals surface area contributed by atoms with Crippen LogP contribution < -0.4 is 9.73 Å². The second kappa shape index (κ2) is 9.99. The van der Waals surface area contributed by atoms with Crippen molar-refractivity contribution < 1.29 is 13.2 Å². The summed E-state index contributed by atoms with van der Waals surface area (Å²) >= 11 is 12.1. The molecule has 0 spiro atoms. The minimum Gasteiger partial charge on any atom is -0.318 e. The number of halogens is 2. The van der Waals surface area contributed by atoms with Crippen LogP contribution in [-0.4, -0.2) is 37.9 Å². The monoisotopic (exact) mass is 506 g/mol. The lowest BCUT2D eigenvalue weighted by atomic mass is 10.2. The second-order valence-electron chi connectivity index (χ2n) is 7.61. The van der Waals surface area contributed by atoms with Gasteiger partial charge in [0.05, 0.1) is 23.2 Å². The zero-order valence-corrected chi connectivity index (χ0v) is 21.0. The molecule has 0 saturated carbocycles. The van der Waals surface area contributed by atoms with E-state index in [0.717, 1.165) is 38.8 Å². The molecule has 7 nitrogen and oxygen atoms in total. The van der Waals surface area contributed by atoms with E-state index >= 15 is 0 Å². The molecular weight excluding hydrogens is 483 g/mol. The van der Waals surface area contributed by atoms with Crippen molar-refractivity contribution in [2.75, 3.05) is 17.1 Å². The van der Waals surface area contributed by atoms with Gasteiger partial charge >= 0.3 is 0 Å². The van der Waals surface area contributed by atoms with Gasteiger partial charge in [-0.25, -0.2) is 13.8 Å². The highest BCUT2D eigenvalue weighted by Gasteiger charge is 2.23. The molecule has 1 aromatic heterocycles. The first-order valence-corrected chi connectivity index (χ1v) is 12.6. The number of hydrogen-bond acceptors (Lipinski definition) is 4. The molecule has 2 aromatic carbocycles. The Morgan fingerprint density at radius 1 is 1.12 bits per heavy atom. The van der Waals surface area contributed by atoms with E-state index in [-0.39, 0.29) is 10.7 Å². The predicted octanol–water partition coefficient (Wildman–Crippen LogP) is 4.63. The Balaban J connectivity index is 1.78. The van der Waals surface area contributed by atoms with Crippen LogP contribution in [0.2, 0.25) is 10.0 Å². The SMILES string of the molecule is Cc1ccccc1-n1c(C)cc(/C=N\NC(=O)CN(c2cc(Cl)ccc2Cl)S(C)(=O)=O)c1C. The van der Waals surface area contributed by atoms with E-state index < -0.39 is 22.5 Å². The highest BCUT2D eigenvalue weighted by atomic mass is 35.5. The van der Waals surface area contributed by atoms with Crippen LogP contribution in [0.25, 0.3) is 5.69 Å². The number of aromatic nitrogens is 1. The normalized spacial score (nSPS) is 11.7. The fraction of sp³-hybridized carbons (Fsp3) is 0.217. The first-order chi connectivity index (χ1) is 15.5. The molecule has 10 heteroatoms. The third-order valence-electron chi connectivity index (χ3n) is 5.08. The minimum atomic E-state index is -3.80. The van der Waals surface area contributed by atoms with Crippen molar-refractivity contribution in [1.29, 1.82) is 0 Å². The Morgan fingerprint density at radius 3 is 2.48 bits per heavy atom. The number of para-hydroxylation sites is 1. The lowest BCUT2D eigenvalue weighted by Crippen LogP contribution is -2.39. The van der Waals surface area contributed by atoms with Gasteiger partial charge < -0.3 is 4.57 Å². The summed E-state index contributed by atoms with van der Waals surface area (Å²) in [6.07, 6.45) is 2.52. The van der Waals surface area contributed by atoms with Crippen LogP contribution >= 0.6 is 23.2 Å². The standard InChI is InChI=1S/C23H24Cl2N4O3S/c1-15-7-5-6-8-21(15)29-16(2)11-18(17(29)3)13-26-27-23(30)14-28(33(4,31)32)22-12-19(24)9-10-20(22)25/h5-13H,14H2,1-4H3,(H,27,30)/b26-13-. The fourth-order valence-electron chi connectivity index (χ4n) is 3.50. The summed E-state index contributed by atoms with van der Waals surface area (Å²) in [6, 6.07) is 14.4. The van der Waals surface area contributed by atoms with Crippen LogP contribution in [0.4, 0.5) is 5.69 Å². The number of nitrogens with zero attached hydrogens (tertiary/aromatic N) is 3. The van der Waals surface area contributed by atoms with Gasteiger partial charge in [-0.15, -0.1) is 0 Å². The predicted molar refractivity (Wildman–Crippen MR) is 134 cm³/mol. The molecule has 1 amide bonds. The van der Waals surface area contributed by atoms with E-state index in [1.165, 1.54) is 24.4 Å². The summed E-state index contributed by atoms with van der Waals surface area (Å²) in [4.78, 5) is 12.5. The molecule has 0 aliphatic rings. The molecule has 0 atom stereocenters. The third kappa shape index (κ3) is 5.76. The average molecular weight is 507 g/mol. The number of amides is 1. The van der Waals surface area contributed by atoms with Crippen LogP contribution in [0.15, 0.2) is 53.6 Å². The molecule has 0 aliphatic heterocycles. The zero-order valence-electron chi connectivity index (χ0n) is 18.6. The van der Waals surface area contributed by atoms with Crippen LogP contribution in [0.1, 0.15) is 22.5 Å². The number of aryl methyl sites for hydroxylation is 2. The molecule has 1 heterocycles. The molecule has 1 N–H and O–H groups in total. The quantitative estimate of drug-likeness (QED) is 0.374. The average Bonchev–Trinajstić information content (AvgIpc) is 3.01. The highest BCUT2D eigenvalue weighted by Crippen LogP contribution is 2.30. The van der Waals surface area contributed by atoms with Gasteiger partial charge in [0.15, 0.2) is 0 Å². The van der Waals surface area contributed by atoms with Crippen LogP contribution in [0, 0.1) is 20.8 Å². The molecule has 3 rings (SSSR count). The van der Waals surface area contributed by atoms with Gasteiger partial charge in [0.2, 0.25) is 10.0 Å². The Kier molecular flexibility index (Phi) is 7.51. The first kappa shape index (κ1) is 24.8. The molecule has 3 aromatic rings. The number of hydrogen-bond donors (Lipinski definition) is 1. The number of sulfonamides is 1. The van der Waals surface area contributed by atoms with Crippen molar-refractivity contribution in [3.05, 3.63) is 81.1 Å². The topological polar surface area (TPSA) is 83.8 Å². The largest absolute Gasteiger partial charge is 0.318 e. The van der Waals surface area contributed by atoms with Crippen molar-refractivity contribution in [1.82, 2.24) is 9.99 Å². The summed E-state index contributed by atoms with van der Waals surface area (Å²) in [5.41, 5.74) is 7.52. The molecule has 0 radical (unpaired) electrons. The number of rotatable bonds is 7. The summed E-state index contributed by atoms with van der Waals surface area (Å²) in [5.74, 6) is -0.625. The smallest absolute Gasteiger partial charge is 0.260 e. The van der Waals surface area contributed by atoms with E-state index in [1.54, 1.807) is 0 Å². The second-order valence-corrected chi connectivity index (χ2v) is 10.4. The van der Waals surface area contributed by atoms with Gasteiger partial charge in [-0.1, -0.05) is 41.4 Å². The molecular formula is C23H24Cl2N4O3S. The molecule has 0 aliphatic carbocycles. The van der Waals surface area contributed by atoms with Gasteiger partial charge in [-0.05, 0) is 56.7 Å². The Labute approximate surface area is 203 Å². The summed E-state index contributed by atoms with van der Waals surface area (Å²) in [5, 5.41) is 4.48. The Hall–Kier alpha value is -2.81. The number of anilines is 1.